The molecule has 34 heavy (non-hydrogen) atoms. The van der Waals surface area contributed by atoms with E-state index in [9.17, 15) is 23.3 Å². The molecule has 1 N–H and O–H groups in total. The SMILES string of the molecule is COc1ccc2c(c1)CC(NC(=O)OCc1ccccc1)N2S(=O)(=O)c1ccccc1[N+](=O)[O-]. The van der Waals surface area contributed by atoms with Crippen LogP contribution in [0.3, 0.4) is 0 Å². The summed E-state index contributed by atoms with van der Waals surface area (Å²) in [6.07, 6.45) is -1.76. The van der Waals surface area contributed by atoms with Crippen molar-refractivity contribution in [2.24, 2.45) is 0 Å². The van der Waals surface area contributed by atoms with Crippen molar-refractivity contribution >= 4 is 27.5 Å². The van der Waals surface area contributed by atoms with Gasteiger partial charge in [-0.1, -0.05) is 42.5 Å². The van der Waals surface area contributed by atoms with Crippen LogP contribution in [0.4, 0.5) is 16.2 Å². The minimum atomic E-state index is -4.43. The molecule has 0 fully saturated rings. The molecule has 1 heterocycles. The number of benzene rings is 3. The minimum Gasteiger partial charge on any atom is -0.497 e. The van der Waals surface area contributed by atoms with Crippen molar-refractivity contribution in [1.82, 2.24) is 5.32 Å². The molecular formula is C23H21N3O7S. The van der Waals surface area contributed by atoms with Crippen molar-refractivity contribution in [3.05, 3.63) is 94.0 Å². The molecule has 0 radical (unpaired) electrons. The number of carbonyl (C=O) groups is 1. The van der Waals surface area contributed by atoms with E-state index in [0.717, 1.165) is 15.9 Å². The number of sulfonamides is 1. The first-order valence-electron chi connectivity index (χ1n) is 10.2. The quantitative estimate of drug-likeness (QED) is 0.402. The van der Waals surface area contributed by atoms with Gasteiger partial charge in [0.2, 0.25) is 0 Å². The molecule has 1 aliphatic heterocycles. The Hall–Kier alpha value is -4.12. The van der Waals surface area contributed by atoms with Gasteiger partial charge in [0.15, 0.2) is 4.90 Å². The van der Waals surface area contributed by atoms with Gasteiger partial charge in [0, 0.05) is 12.5 Å². The number of rotatable bonds is 7. The van der Waals surface area contributed by atoms with Crippen LogP contribution in [0.25, 0.3) is 0 Å². The number of nitro benzene ring substituents is 1. The number of anilines is 1. The summed E-state index contributed by atoms with van der Waals surface area (Å²) in [5, 5.41) is 14.1. The molecule has 176 valence electrons. The number of nitrogens with zero attached hydrogens (tertiary/aromatic N) is 2. The molecule has 0 spiro atoms. The maximum absolute atomic E-state index is 13.6. The Morgan fingerprint density at radius 1 is 1.12 bits per heavy atom. The molecule has 0 bridgehead atoms. The summed E-state index contributed by atoms with van der Waals surface area (Å²) in [4.78, 5) is 22.8. The third-order valence-electron chi connectivity index (χ3n) is 5.32. The summed E-state index contributed by atoms with van der Waals surface area (Å²) >= 11 is 0. The first-order chi connectivity index (χ1) is 16.3. The van der Waals surface area contributed by atoms with Crippen molar-refractivity contribution in [2.75, 3.05) is 11.4 Å². The number of nitro groups is 1. The second-order valence-electron chi connectivity index (χ2n) is 7.45. The molecule has 4 rings (SSSR count). The van der Waals surface area contributed by atoms with Crippen molar-refractivity contribution < 1.29 is 27.6 Å². The van der Waals surface area contributed by atoms with Gasteiger partial charge in [0.05, 0.1) is 17.7 Å². The van der Waals surface area contributed by atoms with E-state index in [-0.39, 0.29) is 18.7 Å². The molecule has 3 aromatic carbocycles. The highest BCUT2D eigenvalue weighted by molar-refractivity contribution is 7.93. The number of methoxy groups -OCH3 is 1. The molecule has 10 nitrogen and oxygen atoms in total. The number of ether oxygens (including phenoxy) is 2. The molecule has 3 aromatic rings. The Labute approximate surface area is 195 Å². The lowest BCUT2D eigenvalue weighted by Crippen LogP contribution is -2.49. The zero-order chi connectivity index (χ0) is 24.3. The van der Waals surface area contributed by atoms with Crippen LogP contribution in [-0.2, 0) is 27.8 Å². The number of alkyl carbamates (subject to hydrolysis) is 1. The average molecular weight is 484 g/mol. The van der Waals surface area contributed by atoms with Gasteiger partial charge in [-0.2, -0.15) is 0 Å². The molecule has 1 atom stereocenters. The van der Waals surface area contributed by atoms with Gasteiger partial charge >= 0.3 is 6.09 Å². The molecular weight excluding hydrogens is 462 g/mol. The fraction of sp³-hybridized carbons (Fsp3) is 0.174. The lowest BCUT2D eigenvalue weighted by Gasteiger charge is -2.27. The highest BCUT2D eigenvalue weighted by atomic mass is 32.2. The van der Waals surface area contributed by atoms with Gasteiger partial charge < -0.3 is 9.47 Å². The monoisotopic (exact) mass is 483 g/mol. The summed E-state index contributed by atoms with van der Waals surface area (Å²) in [5.74, 6) is 0.508. The van der Waals surface area contributed by atoms with E-state index in [1.54, 1.807) is 36.4 Å². The maximum atomic E-state index is 13.6. The molecule has 11 heteroatoms. The standard InChI is InChI=1S/C23H21N3O7S/c1-32-18-11-12-19-17(13-18)14-22(24-23(27)33-15-16-7-3-2-4-8-16)25(19)34(30,31)21-10-6-5-9-20(21)26(28)29/h2-13,22H,14-15H2,1H3,(H,24,27). The summed E-state index contributed by atoms with van der Waals surface area (Å²) in [6, 6.07) is 18.9. The Bertz CT molecular complexity index is 1330. The van der Waals surface area contributed by atoms with E-state index in [2.05, 4.69) is 5.32 Å². The van der Waals surface area contributed by atoms with Crippen molar-refractivity contribution in [3.63, 3.8) is 0 Å². The van der Waals surface area contributed by atoms with E-state index < -0.39 is 37.8 Å². The molecule has 1 amide bonds. The van der Waals surface area contributed by atoms with Crippen molar-refractivity contribution in [1.29, 1.82) is 0 Å². The normalized spacial score (nSPS) is 14.9. The zero-order valence-corrected chi connectivity index (χ0v) is 18.9. The Kier molecular flexibility index (Phi) is 6.37. The molecule has 1 unspecified atom stereocenters. The summed E-state index contributed by atoms with van der Waals surface area (Å²) in [5.41, 5.74) is 1.08. The second-order valence-corrected chi connectivity index (χ2v) is 9.23. The van der Waals surface area contributed by atoms with Gasteiger partial charge in [0.25, 0.3) is 15.7 Å². The predicted octanol–water partition coefficient (Wildman–Crippen LogP) is 3.61. The topological polar surface area (TPSA) is 128 Å². The first kappa shape index (κ1) is 23.1. The van der Waals surface area contributed by atoms with Crippen LogP contribution in [0.1, 0.15) is 11.1 Å². The molecule has 0 aromatic heterocycles. The fourth-order valence-electron chi connectivity index (χ4n) is 3.77. The highest BCUT2D eigenvalue weighted by Crippen LogP contribution is 2.39. The third kappa shape index (κ3) is 4.50. The van der Waals surface area contributed by atoms with E-state index in [1.165, 1.54) is 31.4 Å². The smallest absolute Gasteiger partial charge is 0.409 e. The molecule has 0 aliphatic carbocycles. The minimum absolute atomic E-state index is 0.00291. The lowest BCUT2D eigenvalue weighted by atomic mass is 10.1. The lowest BCUT2D eigenvalue weighted by molar-refractivity contribution is -0.387. The van der Waals surface area contributed by atoms with E-state index in [0.29, 0.717) is 11.3 Å². The molecule has 0 saturated carbocycles. The number of fused-ring (bicyclic) bond motifs is 1. The van der Waals surface area contributed by atoms with Crippen LogP contribution in [0.15, 0.2) is 77.7 Å². The van der Waals surface area contributed by atoms with Gasteiger partial charge in [0.1, 0.15) is 18.5 Å². The van der Waals surface area contributed by atoms with E-state index in [4.69, 9.17) is 9.47 Å². The van der Waals surface area contributed by atoms with Crippen LogP contribution in [0.2, 0.25) is 0 Å². The number of para-hydroxylation sites is 1. The second kappa shape index (κ2) is 9.40. The first-order valence-corrected chi connectivity index (χ1v) is 11.7. The summed E-state index contributed by atoms with van der Waals surface area (Å²) in [7, 11) is -2.95. The Morgan fingerprint density at radius 2 is 1.82 bits per heavy atom. The van der Waals surface area contributed by atoms with Crippen LogP contribution < -0.4 is 14.4 Å². The summed E-state index contributed by atoms with van der Waals surface area (Å²) in [6.45, 7) is -0.00291. The molecule has 1 aliphatic rings. The van der Waals surface area contributed by atoms with Crippen molar-refractivity contribution in [2.45, 2.75) is 24.1 Å². The largest absolute Gasteiger partial charge is 0.497 e. The zero-order valence-electron chi connectivity index (χ0n) is 18.1. The Morgan fingerprint density at radius 3 is 2.53 bits per heavy atom. The van der Waals surface area contributed by atoms with Crippen LogP contribution in [0.5, 0.6) is 5.75 Å². The fourth-order valence-corrected chi connectivity index (χ4v) is 5.53. The van der Waals surface area contributed by atoms with Crippen LogP contribution >= 0.6 is 0 Å². The van der Waals surface area contributed by atoms with E-state index >= 15 is 0 Å². The number of carbonyl (C=O) groups excluding carboxylic acids is 1. The average Bonchev–Trinajstić information content (AvgIpc) is 3.20. The predicted molar refractivity (Wildman–Crippen MR) is 123 cm³/mol. The van der Waals surface area contributed by atoms with Crippen molar-refractivity contribution in [3.8, 4) is 5.75 Å². The number of hydrogen-bond donors (Lipinski definition) is 1. The van der Waals surface area contributed by atoms with Gasteiger partial charge in [-0.3, -0.25) is 15.4 Å². The van der Waals surface area contributed by atoms with Gasteiger partial charge in [-0.05, 0) is 35.4 Å². The number of nitrogens with one attached hydrogen (secondary N) is 1. The third-order valence-corrected chi connectivity index (χ3v) is 7.19. The summed E-state index contributed by atoms with van der Waals surface area (Å²) < 4.78 is 38.8. The molecule has 0 saturated heterocycles. The van der Waals surface area contributed by atoms with Gasteiger partial charge in [-0.25, -0.2) is 17.5 Å². The maximum Gasteiger partial charge on any atom is 0.409 e. The van der Waals surface area contributed by atoms with Gasteiger partial charge in [-0.15, -0.1) is 0 Å². The van der Waals surface area contributed by atoms with E-state index in [1.807, 2.05) is 6.07 Å². The van der Waals surface area contributed by atoms with Crippen LogP contribution in [-0.4, -0.2) is 32.7 Å². The number of amides is 1. The highest BCUT2D eigenvalue weighted by Gasteiger charge is 2.42. The van der Waals surface area contributed by atoms with Crippen LogP contribution in [0, 0.1) is 10.1 Å². The Balaban J connectivity index is 1.67. The number of hydrogen-bond acceptors (Lipinski definition) is 7.